The highest BCUT2D eigenvalue weighted by Crippen LogP contribution is 2.21. The molecule has 0 spiro atoms. The summed E-state index contributed by atoms with van der Waals surface area (Å²) in [6, 6.07) is 1.79. The van der Waals surface area contributed by atoms with Crippen molar-refractivity contribution in [1.29, 1.82) is 5.26 Å². The Hall–Kier alpha value is -1.37. The van der Waals surface area contributed by atoms with E-state index in [1.807, 2.05) is 0 Å². The minimum absolute atomic E-state index is 0.367. The minimum atomic E-state index is -1.50. The van der Waals surface area contributed by atoms with Gasteiger partial charge in [0, 0.05) is 0 Å². The van der Waals surface area contributed by atoms with Crippen LogP contribution in [0, 0.1) is 23.2 Å². The van der Waals surface area contributed by atoms with E-state index in [4.69, 9.17) is 10.4 Å². The van der Waals surface area contributed by atoms with E-state index in [0.717, 1.165) is 38.5 Å². The molecular weight excluding hydrogens is 230 g/mol. The molecule has 0 aliphatic heterocycles. The average Bonchev–Trinajstić information content (AvgIpc) is 2.34. The number of aliphatic carboxylic acids is 1. The van der Waals surface area contributed by atoms with Crippen molar-refractivity contribution >= 4 is 11.8 Å². The average molecular weight is 253 g/mol. The van der Waals surface area contributed by atoms with Gasteiger partial charge in [0.05, 0.1) is 6.07 Å². The van der Waals surface area contributed by atoms with Crippen molar-refractivity contribution in [3.63, 3.8) is 0 Å². The quantitative estimate of drug-likeness (QED) is 0.606. The summed E-state index contributed by atoms with van der Waals surface area (Å²) in [5.74, 6) is -2.81. The fourth-order valence-electron chi connectivity index (χ4n) is 2.26. The Bertz CT molecular complexity index is 301. The van der Waals surface area contributed by atoms with Gasteiger partial charge in [-0.05, 0) is 12.3 Å². The van der Waals surface area contributed by atoms with Crippen LogP contribution in [0.3, 0.4) is 0 Å². The third kappa shape index (κ3) is 6.39. The molecule has 0 radical (unpaired) electrons. The molecule has 102 valence electrons. The van der Waals surface area contributed by atoms with Crippen LogP contribution in [0.4, 0.5) is 0 Å². The van der Waals surface area contributed by atoms with Crippen molar-refractivity contribution < 1.29 is 14.7 Å². The molecule has 0 aromatic carbocycles. The van der Waals surface area contributed by atoms with E-state index in [0.29, 0.717) is 12.3 Å². The van der Waals surface area contributed by atoms with Crippen molar-refractivity contribution in [2.45, 2.75) is 58.8 Å². The smallest absolute Gasteiger partial charge is 0.373 e. The monoisotopic (exact) mass is 253 g/mol. The highest BCUT2D eigenvalue weighted by Gasteiger charge is 2.24. The lowest BCUT2D eigenvalue weighted by atomic mass is 9.90. The first-order chi connectivity index (χ1) is 8.56. The minimum Gasteiger partial charge on any atom is -0.475 e. The highest BCUT2D eigenvalue weighted by molar-refractivity contribution is 6.34. The molecule has 1 unspecified atom stereocenters. The van der Waals surface area contributed by atoms with Crippen LogP contribution >= 0.6 is 0 Å². The zero-order chi connectivity index (χ0) is 14.0. The zero-order valence-corrected chi connectivity index (χ0v) is 11.3. The van der Waals surface area contributed by atoms with Gasteiger partial charge in [-0.15, -0.1) is 0 Å². The summed E-state index contributed by atoms with van der Waals surface area (Å²) in [6.07, 6.45) is 6.71. The van der Waals surface area contributed by atoms with Crippen molar-refractivity contribution in [3.8, 4) is 6.07 Å². The second kappa shape index (κ2) is 9.64. The summed E-state index contributed by atoms with van der Waals surface area (Å²) < 4.78 is 0. The van der Waals surface area contributed by atoms with Crippen LogP contribution in [0.25, 0.3) is 0 Å². The Morgan fingerprint density at radius 2 is 1.67 bits per heavy atom. The van der Waals surface area contributed by atoms with E-state index in [9.17, 15) is 9.59 Å². The third-order valence-electron chi connectivity index (χ3n) is 3.18. The molecule has 0 aromatic heterocycles. The molecule has 0 saturated carbocycles. The van der Waals surface area contributed by atoms with Crippen LogP contribution in [0.5, 0.6) is 0 Å². The molecule has 18 heavy (non-hydrogen) atoms. The molecule has 0 amide bonds. The Kier molecular flexibility index (Phi) is 8.91. The predicted octanol–water partition coefficient (Wildman–Crippen LogP) is 3.17. The number of rotatable bonds is 10. The second-order valence-electron chi connectivity index (χ2n) is 4.73. The van der Waals surface area contributed by atoms with Crippen LogP contribution < -0.4 is 0 Å². The molecule has 1 N–H and O–H groups in total. The van der Waals surface area contributed by atoms with Crippen LogP contribution in [-0.2, 0) is 9.59 Å². The van der Waals surface area contributed by atoms with Gasteiger partial charge in [0.25, 0.3) is 5.78 Å². The van der Waals surface area contributed by atoms with Gasteiger partial charge in [0.15, 0.2) is 0 Å². The summed E-state index contributed by atoms with van der Waals surface area (Å²) in [5, 5.41) is 17.3. The van der Waals surface area contributed by atoms with Gasteiger partial charge >= 0.3 is 5.97 Å². The Labute approximate surface area is 109 Å². The lowest BCUT2D eigenvalue weighted by Gasteiger charge is -2.15. The Morgan fingerprint density at radius 3 is 2.06 bits per heavy atom. The Morgan fingerprint density at radius 1 is 1.11 bits per heavy atom. The van der Waals surface area contributed by atoms with Gasteiger partial charge in [0.1, 0.15) is 5.92 Å². The van der Waals surface area contributed by atoms with Crippen LogP contribution in [-0.4, -0.2) is 16.9 Å². The lowest BCUT2D eigenvalue weighted by Crippen LogP contribution is -2.22. The van der Waals surface area contributed by atoms with Gasteiger partial charge < -0.3 is 5.11 Å². The zero-order valence-electron chi connectivity index (χ0n) is 11.3. The molecule has 0 heterocycles. The van der Waals surface area contributed by atoms with E-state index in [2.05, 4.69) is 13.8 Å². The number of Topliss-reactive ketones (excluding diaryl/α,β-unsaturated/α-hetero) is 1. The molecule has 0 aliphatic rings. The molecule has 1 atom stereocenters. The molecule has 0 aromatic rings. The first-order valence-corrected chi connectivity index (χ1v) is 6.73. The van der Waals surface area contributed by atoms with Crippen molar-refractivity contribution in [1.82, 2.24) is 0 Å². The van der Waals surface area contributed by atoms with Gasteiger partial charge in [-0.1, -0.05) is 52.4 Å². The van der Waals surface area contributed by atoms with Gasteiger partial charge in [-0.3, -0.25) is 4.79 Å². The maximum absolute atomic E-state index is 11.2. The van der Waals surface area contributed by atoms with Crippen molar-refractivity contribution in [2.24, 2.45) is 11.8 Å². The first-order valence-electron chi connectivity index (χ1n) is 6.73. The number of carboxylic acids is 1. The van der Waals surface area contributed by atoms with E-state index in [1.54, 1.807) is 6.07 Å². The number of ketones is 1. The van der Waals surface area contributed by atoms with Crippen molar-refractivity contribution in [2.75, 3.05) is 0 Å². The van der Waals surface area contributed by atoms with Crippen molar-refractivity contribution in [3.05, 3.63) is 0 Å². The number of hydrogen-bond donors (Lipinski definition) is 1. The third-order valence-corrected chi connectivity index (χ3v) is 3.18. The number of carboxylic acid groups (broad SMARTS) is 1. The van der Waals surface area contributed by atoms with Crippen LogP contribution in [0.1, 0.15) is 58.8 Å². The van der Waals surface area contributed by atoms with Gasteiger partial charge in [0.2, 0.25) is 0 Å². The second-order valence-corrected chi connectivity index (χ2v) is 4.73. The summed E-state index contributed by atoms with van der Waals surface area (Å²) in [7, 11) is 0. The molecular formula is C14H23NO3. The molecule has 4 heteroatoms. The molecule has 0 rings (SSSR count). The molecule has 0 bridgehead atoms. The number of carbonyl (C=O) groups is 2. The number of carbonyl (C=O) groups excluding carboxylic acids is 1. The normalized spacial score (nSPS) is 12.1. The lowest BCUT2D eigenvalue weighted by molar-refractivity contribution is -0.150. The Balaban J connectivity index is 4.09. The number of nitriles is 1. The standard InChI is InChI=1S/C14H23NO3/c1-3-6-11(7-4-2)8-5-9-12(10-15)13(16)14(17)18/h11-12H,3-9H2,1-2H3,(H,17,18). The number of nitrogens with zero attached hydrogens (tertiary/aromatic N) is 1. The number of hydrogen-bond acceptors (Lipinski definition) is 3. The molecule has 0 fully saturated rings. The highest BCUT2D eigenvalue weighted by atomic mass is 16.4. The van der Waals surface area contributed by atoms with Gasteiger partial charge in [-0.2, -0.15) is 5.26 Å². The summed E-state index contributed by atoms with van der Waals surface area (Å²) in [6.45, 7) is 4.30. The van der Waals surface area contributed by atoms with Crippen LogP contribution in [0.2, 0.25) is 0 Å². The predicted molar refractivity (Wildman–Crippen MR) is 68.9 cm³/mol. The molecule has 0 saturated heterocycles. The van der Waals surface area contributed by atoms with Crippen LogP contribution in [0.15, 0.2) is 0 Å². The molecule has 0 aliphatic carbocycles. The maximum Gasteiger partial charge on any atom is 0.373 e. The fourth-order valence-corrected chi connectivity index (χ4v) is 2.26. The molecule has 4 nitrogen and oxygen atoms in total. The summed E-state index contributed by atoms with van der Waals surface area (Å²) in [5.41, 5.74) is 0. The van der Waals surface area contributed by atoms with E-state index in [-0.39, 0.29) is 0 Å². The first kappa shape index (κ1) is 16.6. The topological polar surface area (TPSA) is 78.2 Å². The van der Waals surface area contributed by atoms with Gasteiger partial charge in [-0.25, -0.2) is 4.79 Å². The summed E-state index contributed by atoms with van der Waals surface area (Å²) >= 11 is 0. The fraction of sp³-hybridized carbons (Fsp3) is 0.786. The summed E-state index contributed by atoms with van der Waals surface area (Å²) in [4.78, 5) is 21.7. The van der Waals surface area contributed by atoms with E-state index < -0.39 is 17.7 Å². The largest absolute Gasteiger partial charge is 0.475 e. The van der Waals surface area contributed by atoms with E-state index >= 15 is 0 Å². The SMILES string of the molecule is CCCC(CCC)CCCC(C#N)C(=O)C(=O)O. The maximum atomic E-state index is 11.2. The van der Waals surface area contributed by atoms with E-state index in [1.165, 1.54) is 0 Å².